The number of ether oxygens (including phenoxy) is 1. The van der Waals surface area contributed by atoms with E-state index in [4.69, 9.17) is 4.74 Å². The molecule has 2 rings (SSSR count). The molecular formula is C9H8NO. The summed E-state index contributed by atoms with van der Waals surface area (Å²) in [6, 6.07) is 5.73. The van der Waals surface area contributed by atoms with E-state index < -0.39 is 0 Å². The maximum atomic E-state index is 5.31. The molecule has 1 aromatic carbocycles. The summed E-state index contributed by atoms with van der Waals surface area (Å²) in [4.78, 5) is 4.16. The van der Waals surface area contributed by atoms with Crippen LogP contribution in [0.2, 0.25) is 0 Å². The lowest BCUT2D eigenvalue weighted by Crippen LogP contribution is -2.02. The second-order valence-corrected chi connectivity index (χ2v) is 2.42. The minimum absolute atomic E-state index is 0.566. The molecule has 0 fully saturated rings. The molecule has 0 spiro atoms. The Labute approximate surface area is 65.5 Å². The third-order valence-corrected chi connectivity index (χ3v) is 1.57. The van der Waals surface area contributed by atoms with Crippen LogP contribution in [0.5, 0.6) is 5.75 Å². The standard InChI is InChI=1S/C9H8NO/c1-7-2-3-8-9(6-7)11-5-4-10-8/h2-4,6H,1,5H2. The first-order chi connectivity index (χ1) is 5.36. The fraction of sp³-hybridized carbons (Fsp3) is 0.111. The zero-order valence-electron chi connectivity index (χ0n) is 6.08. The number of benzene rings is 1. The van der Waals surface area contributed by atoms with E-state index in [1.54, 1.807) is 6.21 Å². The van der Waals surface area contributed by atoms with Gasteiger partial charge in [0.1, 0.15) is 18.0 Å². The van der Waals surface area contributed by atoms with Crippen LogP contribution in [-0.2, 0) is 0 Å². The average Bonchev–Trinajstić information content (AvgIpc) is 2.04. The molecule has 55 valence electrons. The molecule has 0 amide bonds. The van der Waals surface area contributed by atoms with Crippen molar-refractivity contribution in [2.45, 2.75) is 0 Å². The van der Waals surface area contributed by atoms with Crippen molar-refractivity contribution in [3.63, 3.8) is 0 Å². The second kappa shape index (κ2) is 2.38. The summed E-state index contributed by atoms with van der Waals surface area (Å²) in [5.74, 6) is 0.833. The third kappa shape index (κ3) is 1.11. The predicted octanol–water partition coefficient (Wildman–Crippen LogP) is 1.96. The SMILES string of the molecule is [CH2]c1ccc2c(c1)OCC=N2. The maximum absolute atomic E-state index is 5.31. The minimum Gasteiger partial charge on any atom is -0.486 e. The molecule has 0 saturated carbocycles. The van der Waals surface area contributed by atoms with Crippen molar-refractivity contribution in [2.24, 2.45) is 4.99 Å². The molecule has 0 N–H and O–H groups in total. The lowest BCUT2D eigenvalue weighted by atomic mass is 10.2. The highest BCUT2D eigenvalue weighted by Gasteiger charge is 2.04. The van der Waals surface area contributed by atoms with Crippen molar-refractivity contribution >= 4 is 11.9 Å². The molecule has 0 bridgehead atoms. The number of hydrogen-bond acceptors (Lipinski definition) is 2. The van der Waals surface area contributed by atoms with Gasteiger partial charge in [0.05, 0.1) is 0 Å². The van der Waals surface area contributed by atoms with Crippen molar-refractivity contribution in [3.05, 3.63) is 30.7 Å². The molecule has 11 heavy (non-hydrogen) atoms. The van der Waals surface area contributed by atoms with Gasteiger partial charge < -0.3 is 4.74 Å². The molecule has 0 aromatic heterocycles. The highest BCUT2D eigenvalue weighted by Crippen LogP contribution is 2.29. The van der Waals surface area contributed by atoms with Gasteiger partial charge in [0.25, 0.3) is 0 Å². The van der Waals surface area contributed by atoms with Crippen LogP contribution in [0.3, 0.4) is 0 Å². The Morgan fingerprint density at radius 3 is 3.27 bits per heavy atom. The van der Waals surface area contributed by atoms with Gasteiger partial charge in [-0.05, 0) is 24.6 Å². The lowest BCUT2D eigenvalue weighted by Gasteiger charge is -2.11. The van der Waals surface area contributed by atoms with Crippen LogP contribution in [-0.4, -0.2) is 12.8 Å². The molecule has 0 saturated heterocycles. The van der Waals surface area contributed by atoms with E-state index in [1.807, 2.05) is 18.2 Å². The third-order valence-electron chi connectivity index (χ3n) is 1.57. The van der Waals surface area contributed by atoms with Crippen LogP contribution in [0.4, 0.5) is 5.69 Å². The monoisotopic (exact) mass is 146 g/mol. The first-order valence-electron chi connectivity index (χ1n) is 3.47. The largest absolute Gasteiger partial charge is 0.486 e. The zero-order chi connectivity index (χ0) is 7.68. The molecule has 1 aromatic rings. The van der Waals surface area contributed by atoms with Gasteiger partial charge in [-0.3, -0.25) is 4.99 Å². The molecule has 0 aliphatic carbocycles. The molecule has 1 radical (unpaired) electrons. The van der Waals surface area contributed by atoms with Gasteiger partial charge in [-0.25, -0.2) is 0 Å². The number of rotatable bonds is 0. The van der Waals surface area contributed by atoms with Crippen LogP contribution in [0, 0.1) is 6.92 Å². The van der Waals surface area contributed by atoms with Gasteiger partial charge in [-0.2, -0.15) is 0 Å². The summed E-state index contributed by atoms with van der Waals surface area (Å²) >= 11 is 0. The Morgan fingerprint density at radius 2 is 2.36 bits per heavy atom. The molecule has 2 nitrogen and oxygen atoms in total. The van der Waals surface area contributed by atoms with E-state index in [9.17, 15) is 0 Å². The quantitative estimate of drug-likeness (QED) is 0.548. The smallest absolute Gasteiger partial charge is 0.145 e. The first kappa shape index (κ1) is 6.40. The van der Waals surface area contributed by atoms with Crippen LogP contribution in [0.25, 0.3) is 0 Å². The van der Waals surface area contributed by atoms with E-state index in [0.717, 1.165) is 17.0 Å². The Hall–Kier alpha value is -1.31. The first-order valence-corrected chi connectivity index (χ1v) is 3.47. The molecule has 0 atom stereocenters. The normalized spacial score (nSPS) is 13.9. The summed E-state index contributed by atoms with van der Waals surface area (Å²) in [6.45, 7) is 4.36. The van der Waals surface area contributed by atoms with Gasteiger partial charge in [-0.1, -0.05) is 6.07 Å². The van der Waals surface area contributed by atoms with E-state index in [1.165, 1.54) is 0 Å². The van der Waals surface area contributed by atoms with E-state index in [-0.39, 0.29) is 0 Å². The van der Waals surface area contributed by atoms with Gasteiger partial charge in [0.2, 0.25) is 0 Å². The number of nitrogens with zero attached hydrogens (tertiary/aromatic N) is 1. The van der Waals surface area contributed by atoms with Crippen LogP contribution >= 0.6 is 0 Å². The second-order valence-electron chi connectivity index (χ2n) is 2.42. The topological polar surface area (TPSA) is 21.6 Å². The van der Waals surface area contributed by atoms with Gasteiger partial charge >= 0.3 is 0 Å². The van der Waals surface area contributed by atoms with Crippen molar-refractivity contribution in [2.75, 3.05) is 6.61 Å². The van der Waals surface area contributed by atoms with Crippen LogP contribution in [0.15, 0.2) is 23.2 Å². The maximum Gasteiger partial charge on any atom is 0.145 e. The summed E-state index contributed by atoms with van der Waals surface area (Å²) in [7, 11) is 0. The number of aliphatic imine (C=N–C) groups is 1. The highest BCUT2D eigenvalue weighted by atomic mass is 16.5. The van der Waals surface area contributed by atoms with Gasteiger partial charge in [0, 0.05) is 6.21 Å². The Bertz CT molecular complexity index is 304. The Kier molecular flexibility index (Phi) is 1.39. The van der Waals surface area contributed by atoms with Gasteiger partial charge in [0.15, 0.2) is 0 Å². The summed E-state index contributed by atoms with van der Waals surface area (Å²) in [5, 5.41) is 0. The predicted molar refractivity (Wildman–Crippen MR) is 44.5 cm³/mol. The van der Waals surface area contributed by atoms with Crippen molar-refractivity contribution in [1.82, 2.24) is 0 Å². The van der Waals surface area contributed by atoms with Crippen molar-refractivity contribution < 1.29 is 4.74 Å². The highest BCUT2D eigenvalue weighted by molar-refractivity contribution is 5.71. The number of hydrogen-bond donors (Lipinski definition) is 0. The van der Waals surface area contributed by atoms with Crippen molar-refractivity contribution in [3.8, 4) is 5.75 Å². The summed E-state index contributed by atoms with van der Waals surface area (Å²) in [5.41, 5.74) is 1.85. The fourth-order valence-electron chi connectivity index (χ4n) is 1.04. The molecule has 1 aliphatic rings. The lowest BCUT2D eigenvalue weighted by molar-refractivity contribution is 0.377. The van der Waals surface area contributed by atoms with E-state index >= 15 is 0 Å². The van der Waals surface area contributed by atoms with Gasteiger partial charge in [-0.15, -0.1) is 0 Å². The van der Waals surface area contributed by atoms with E-state index in [2.05, 4.69) is 11.9 Å². The van der Waals surface area contributed by atoms with Crippen molar-refractivity contribution in [1.29, 1.82) is 0 Å². The summed E-state index contributed by atoms with van der Waals surface area (Å²) < 4.78 is 5.31. The molecule has 1 aliphatic heterocycles. The minimum atomic E-state index is 0.566. The molecule has 2 heteroatoms. The molecular weight excluding hydrogens is 138 g/mol. The average molecular weight is 146 g/mol. The molecule has 1 heterocycles. The van der Waals surface area contributed by atoms with Crippen LogP contribution < -0.4 is 4.74 Å². The Balaban J connectivity index is 2.53. The summed E-state index contributed by atoms with van der Waals surface area (Å²) in [6.07, 6.45) is 1.76. The fourth-order valence-corrected chi connectivity index (χ4v) is 1.04. The Morgan fingerprint density at radius 1 is 1.45 bits per heavy atom. The molecule has 0 unspecified atom stereocenters. The number of fused-ring (bicyclic) bond motifs is 1. The van der Waals surface area contributed by atoms with E-state index in [0.29, 0.717) is 6.61 Å². The zero-order valence-corrected chi connectivity index (χ0v) is 6.08. The van der Waals surface area contributed by atoms with Crippen LogP contribution in [0.1, 0.15) is 5.56 Å².